The Morgan fingerprint density at radius 2 is 1.86 bits per heavy atom. The van der Waals surface area contributed by atoms with Crippen molar-refractivity contribution in [3.63, 3.8) is 0 Å². The van der Waals surface area contributed by atoms with Gasteiger partial charge in [-0.3, -0.25) is 4.99 Å². The number of aryl methyl sites for hydroxylation is 1. The molecule has 3 rings (SSSR count). The van der Waals surface area contributed by atoms with Gasteiger partial charge in [0.1, 0.15) is 5.75 Å². The zero-order valence-electron chi connectivity index (χ0n) is 12.3. The number of benzene rings is 2. The third-order valence-corrected chi connectivity index (χ3v) is 3.86. The fraction of sp³-hybridized carbons (Fsp3) is 0.235. The van der Waals surface area contributed by atoms with Crippen molar-refractivity contribution < 1.29 is 4.74 Å². The van der Waals surface area contributed by atoms with Gasteiger partial charge in [-0.2, -0.15) is 0 Å². The van der Waals surface area contributed by atoms with E-state index in [0.29, 0.717) is 12.5 Å². The van der Waals surface area contributed by atoms with Gasteiger partial charge >= 0.3 is 0 Å². The van der Waals surface area contributed by atoms with Gasteiger partial charge in [0.05, 0.1) is 19.7 Å². The number of guanidine groups is 1. The molecule has 0 saturated heterocycles. The molecule has 4 nitrogen and oxygen atoms in total. The molecule has 1 aliphatic rings. The molecule has 1 atom stereocenters. The lowest BCUT2D eigenvalue weighted by atomic mass is 10.0. The van der Waals surface area contributed by atoms with Crippen LogP contribution >= 0.6 is 0 Å². The highest BCUT2D eigenvalue weighted by Gasteiger charge is 2.29. The largest absolute Gasteiger partial charge is 0.497 e. The number of nitrogens with zero attached hydrogens (tertiary/aromatic N) is 2. The molecule has 2 aromatic carbocycles. The van der Waals surface area contributed by atoms with Crippen LogP contribution in [0.2, 0.25) is 0 Å². The number of hydrogen-bond donors (Lipinski definition) is 1. The minimum absolute atomic E-state index is 0.136. The highest BCUT2D eigenvalue weighted by atomic mass is 16.5. The Bertz CT molecular complexity index is 664. The molecule has 0 aliphatic carbocycles. The van der Waals surface area contributed by atoms with Crippen molar-refractivity contribution in [2.75, 3.05) is 18.6 Å². The Kier molecular flexibility index (Phi) is 3.52. The molecule has 2 aromatic rings. The van der Waals surface area contributed by atoms with Crippen LogP contribution in [0.4, 0.5) is 5.69 Å². The van der Waals surface area contributed by atoms with Crippen LogP contribution in [0.15, 0.2) is 53.5 Å². The van der Waals surface area contributed by atoms with Crippen molar-refractivity contribution in [2.24, 2.45) is 10.7 Å². The lowest BCUT2D eigenvalue weighted by molar-refractivity contribution is 0.414. The van der Waals surface area contributed by atoms with Crippen LogP contribution in [0.25, 0.3) is 0 Å². The third kappa shape index (κ3) is 2.44. The molecule has 21 heavy (non-hydrogen) atoms. The number of nitrogens with two attached hydrogens (primary N) is 1. The maximum atomic E-state index is 6.11. The van der Waals surface area contributed by atoms with Gasteiger partial charge in [0.15, 0.2) is 5.96 Å². The maximum absolute atomic E-state index is 6.11. The molecule has 0 amide bonds. The summed E-state index contributed by atoms with van der Waals surface area (Å²) in [6, 6.07) is 16.5. The molecule has 2 N–H and O–H groups in total. The summed E-state index contributed by atoms with van der Waals surface area (Å²) in [6.45, 7) is 2.76. The van der Waals surface area contributed by atoms with E-state index >= 15 is 0 Å². The van der Waals surface area contributed by atoms with E-state index in [1.165, 1.54) is 11.1 Å². The van der Waals surface area contributed by atoms with Gasteiger partial charge in [0, 0.05) is 5.69 Å². The quantitative estimate of drug-likeness (QED) is 0.941. The Morgan fingerprint density at radius 1 is 1.14 bits per heavy atom. The van der Waals surface area contributed by atoms with Crippen LogP contribution in [0.5, 0.6) is 5.75 Å². The fourth-order valence-electron chi connectivity index (χ4n) is 2.70. The van der Waals surface area contributed by atoms with E-state index in [0.717, 1.165) is 11.4 Å². The average Bonchev–Trinajstić information content (AvgIpc) is 2.89. The minimum Gasteiger partial charge on any atom is -0.497 e. The van der Waals surface area contributed by atoms with Gasteiger partial charge in [-0.25, -0.2) is 0 Å². The van der Waals surface area contributed by atoms with Gasteiger partial charge < -0.3 is 15.4 Å². The number of hydrogen-bond acceptors (Lipinski definition) is 4. The second kappa shape index (κ2) is 5.48. The predicted molar refractivity (Wildman–Crippen MR) is 85.9 cm³/mol. The number of anilines is 1. The van der Waals surface area contributed by atoms with Crippen LogP contribution in [0, 0.1) is 6.92 Å². The molecule has 0 aromatic heterocycles. The molecule has 0 fully saturated rings. The Balaban J connectivity index is 1.97. The van der Waals surface area contributed by atoms with E-state index < -0.39 is 0 Å². The number of para-hydroxylation sites is 1. The Labute approximate surface area is 124 Å². The normalized spacial score (nSPS) is 17.7. The maximum Gasteiger partial charge on any atom is 0.196 e. The molecule has 0 spiro atoms. The van der Waals surface area contributed by atoms with Crippen molar-refractivity contribution in [1.82, 2.24) is 0 Å². The van der Waals surface area contributed by atoms with Crippen LogP contribution < -0.4 is 15.4 Å². The molecule has 0 bridgehead atoms. The topological polar surface area (TPSA) is 50.9 Å². The van der Waals surface area contributed by atoms with E-state index in [4.69, 9.17) is 10.5 Å². The van der Waals surface area contributed by atoms with E-state index in [1.54, 1.807) is 7.11 Å². The first kappa shape index (κ1) is 13.5. The van der Waals surface area contributed by atoms with Gasteiger partial charge in [-0.05, 0) is 36.2 Å². The van der Waals surface area contributed by atoms with Crippen LogP contribution in [0.3, 0.4) is 0 Å². The molecule has 108 valence electrons. The summed E-state index contributed by atoms with van der Waals surface area (Å²) in [4.78, 5) is 6.53. The second-order valence-electron chi connectivity index (χ2n) is 5.14. The molecule has 4 heteroatoms. The second-order valence-corrected chi connectivity index (χ2v) is 5.14. The SMILES string of the molecule is COc1ccc(C2CN=C(N)N2c2ccccc2C)cc1. The zero-order valence-corrected chi connectivity index (χ0v) is 12.3. The molecule has 0 radical (unpaired) electrons. The molecule has 1 unspecified atom stereocenters. The lowest BCUT2D eigenvalue weighted by Crippen LogP contribution is -2.36. The average molecular weight is 281 g/mol. The highest BCUT2D eigenvalue weighted by Crippen LogP contribution is 2.33. The van der Waals surface area contributed by atoms with Crippen LogP contribution in [-0.4, -0.2) is 19.6 Å². The van der Waals surface area contributed by atoms with Crippen molar-refractivity contribution in [1.29, 1.82) is 0 Å². The Hall–Kier alpha value is -2.49. The van der Waals surface area contributed by atoms with Gasteiger partial charge in [0.25, 0.3) is 0 Å². The lowest BCUT2D eigenvalue weighted by Gasteiger charge is -2.28. The zero-order chi connectivity index (χ0) is 14.8. The summed E-state index contributed by atoms with van der Waals surface area (Å²) in [7, 11) is 1.67. The standard InChI is InChI=1S/C17H19N3O/c1-12-5-3-4-6-15(12)20-16(11-19-17(20)18)13-7-9-14(21-2)10-8-13/h3-10,16H,11H2,1-2H3,(H2,18,19). The van der Waals surface area contributed by atoms with Crippen molar-refractivity contribution >= 4 is 11.6 Å². The van der Waals surface area contributed by atoms with Crippen LogP contribution in [-0.2, 0) is 0 Å². The fourth-order valence-corrected chi connectivity index (χ4v) is 2.70. The first-order chi connectivity index (χ1) is 10.2. The summed E-state index contributed by atoms with van der Waals surface area (Å²) in [5, 5.41) is 0. The smallest absolute Gasteiger partial charge is 0.196 e. The first-order valence-corrected chi connectivity index (χ1v) is 6.99. The Morgan fingerprint density at radius 3 is 2.52 bits per heavy atom. The van der Waals surface area contributed by atoms with Gasteiger partial charge in [-0.15, -0.1) is 0 Å². The van der Waals surface area contributed by atoms with Gasteiger partial charge in [-0.1, -0.05) is 30.3 Å². The molecule has 1 aliphatic heterocycles. The monoisotopic (exact) mass is 281 g/mol. The van der Waals surface area contributed by atoms with E-state index in [2.05, 4.69) is 41.1 Å². The summed E-state index contributed by atoms with van der Waals surface area (Å²) >= 11 is 0. The predicted octanol–water partition coefficient (Wildman–Crippen LogP) is 2.88. The van der Waals surface area contributed by atoms with Crippen LogP contribution in [0.1, 0.15) is 17.2 Å². The molecular weight excluding hydrogens is 262 g/mol. The summed E-state index contributed by atoms with van der Waals surface area (Å²) in [5.41, 5.74) is 9.60. The summed E-state index contributed by atoms with van der Waals surface area (Å²) < 4.78 is 5.22. The highest BCUT2D eigenvalue weighted by molar-refractivity contribution is 5.98. The minimum atomic E-state index is 0.136. The van der Waals surface area contributed by atoms with Gasteiger partial charge in [0.2, 0.25) is 0 Å². The van der Waals surface area contributed by atoms with Crippen molar-refractivity contribution in [3.8, 4) is 5.75 Å². The number of methoxy groups -OCH3 is 1. The van der Waals surface area contributed by atoms with E-state index in [-0.39, 0.29) is 6.04 Å². The first-order valence-electron chi connectivity index (χ1n) is 6.99. The van der Waals surface area contributed by atoms with E-state index in [1.807, 2.05) is 24.3 Å². The number of ether oxygens (including phenoxy) is 1. The van der Waals surface area contributed by atoms with Crippen molar-refractivity contribution in [2.45, 2.75) is 13.0 Å². The third-order valence-electron chi connectivity index (χ3n) is 3.86. The van der Waals surface area contributed by atoms with E-state index in [9.17, 15) is 0 Å². The number of rotatable bonds is 3. The summed E-state index contributed by atoms with van der Waals surface area (Å²) in [6.07, 6.45) is 0. The summed E-state index contributed by atoms with van der Waals surface area (Å²) in [5.74, 6) is 1.43. The van der Waals surface area contributed by atoms with Crippen molar-refractivity contribution in [3.05, 3.63) is 59.7 Å². The molecule has 0 saturated carbocycles. The molecule has 1 heterocycles. The number of aliphatic imine (C=N–C) groups is 1. The molecular formula is C17H19N3O.